The molecule has 4 N–H and O–H groups in total. The summed E-state index contributed by atoms with van der Waals surface area (Å²) in [6.45, 7) is 3.13. The molecule has 0 saturated heterocycles. The highest BCUT2D eigenvalue weighted by atomic mass is 32.2. The minimum absolute atomic E-state index is 0.0234. The summed E-state index contributed by atoms with van der Waals surface area (Å²) in [5.41, 5.74) is 5.35. The second kappa shape index (κ2) is 9.30. The molecule has 1 amide bonds. The summed E-state index contributed by atoms with van der Waals surface area (Å²) in [6, 6.07) is 0. The van der Waals surface area contributed by atoms with Gasteiger partial charge in [-0.1, -0.05) is 6.92 Å². The van der Waals surface area contributed by atoms with Gasteiger partial charge in [0.05, 0.1) is 0 Å². The van der Waals surface area contributed by atoms with Crippen LogP contribution in [0.15, 0.2) is 0 Å². The van der Waals surface area contributed by atoms with Gasteiger partial charge in [-0.3, -0.25) is 4.79 Å². The van der Waals surface area contributed by atoms with Gasteiger partial charge in [-0.15, -0.1) is 0 Å². The lowest BCUT2D eigenvalue weighted by atomic mass is 10.2. The van der Waals surface area contributed by atoms with Crippen LogP contribution in [0.3, 0.4) is 0 Å². The summed E-state index contributed by atoms with van der Waals surface area (Å²) in [5, 5.41) is 11.3. The van der Waals surface area contributed by atoms with Crippen LogP contribution in [-0.4, -0.2) is 42.2 Å². The molecule has 14 heavy (non-hydrogen) atoms. The van der Waals surface area contributed by atoms with Crippen LogP contribution in [0.5, 0.6) is 0 Å². The minimum Gasteiger partial charge on any atom is -0.396 e. The molecule has 5 heteroatoms. The lowest BCUT2D eigenvalue weighted by molar-refractivity contribution is -0.124. The fourth-order valence-electron chi connectivity index (χ4n) is 0.796. The van der Waals surface area contributed by atoms with Crippen molar-refractivity contribution in [2.45, 2.75) is 13.3 Å². The number of nitrogens with two attached hydrogens (primary N) is 1. The third-order valence-corrected chi connectivity index (χ3v) is 2.86. The van der Waals surface area contributed by atoms with Crippen molar-refractivity contribution in [3.05, 3.63) is 0 Å². The Balaban J connectivity index is 3.23. The lowest BCUT2D eigenvalue weighted by Gasteiger charge is -2.09. The predicted molar refractivity (Wildman–Crippen MR) is 60.3 cm³/mol. The number of thioether (sulfide) groups is 1. The number of nitrogens with one attached hydrogen (secondary N) is 1. The Hall–Kier alpha value is -0.260. The molecule has 0 aromatic heterocycles. The number of carbonyl (C=O) groups is 1. The first kappa shape index (κ1) is 13.7. The molecule has 0 aliphatic rings. The maximum atomic E-state index is 11.2. The van der Waals surface area contributed by atoms with E-state index >= 15 is 0 Å². The molecule has 0 heterocycles. The standard InChI is InChI=1S/C9H20N2O2S/c1-8(7-10)9(13)11-3-6-14-5-2-4-12/h8,12H,2-7,10H2,1H3,(H,11,13). The van der Waals surface area contributed by atoms with Gasteiger partial charge in [-0.2, -0.15) is 11.8 Å². The predicted octanol–water partition coefficient (Wildman–Crippen LogP) is -0.187. The molecule has 0 aromatic carbocycles. The number of aliphatic hydroxyl groups excluding tert-OH is 1. The van der Waals surface area contributed by atoms with Gasteiger partial charge >= 0.3 is 0 Å². The minimum atomic E-state index is -0.0996. The van der Waals surface area contributed by atoms with Gasteiger partial charge in [-0.25, -0.2) is 0 Å². The monoisotopic (exact) mass is 220 g/mol. The molecule has 0 saturated carbocycles. The molecule has 0 aromatic rings. The van der Waals surface area contributed by atoms with Gasteiger partial charge < -0.3 is 16.2 Å². The van der Waals surface area contributed by atoms with Crippen LogP contribution < -0.4 is 11.1 Å². The highest BCUT2D eigenvalue weighted by Gasteiger charge is 2.08. The molecule has 0 radical (unpaired) electrons. The van der Waals surface area contributed by atoms with E-state index in [1.54, 1.807) is 11.8 Å². The maximum absolute atomic E-state index is 11.2. The molecule has 4 nitrogen and oxygen atoms in total. The zero-order chi connectivity index (χ0) is 10.8. The van der Waals surface area contributed by atoms with E-state index in [1.165, 1.54) is 0 Å². The van der Waals surface area contributed by atoms with Crippen LogP contribution in [-0.2, 0) is 4.79 Å². The first-order chi connectivity index (χ1) is 6.72. The second-order valence-electron chi connectivity index (χ2n) is 3.12. The quantitative estimate of drug-likeness (QED) is 0.496. The average Bonchev–Trinajstić information content (AvgIpc) is 2.21. The summed E-state index contributed by atoms with van der Waals surface area (Å²) < 4.78 is 0. The van der Waals surface area contributed by atoms with E-state index < -0.39 is 0 Å². The summed E-state index contributed by atoms with van der Waals surface area (Å²) in [7, 11) is 0. The average molecular weight is 220 g/mol. The van der Waals surface area contributed by atoms with Crippen molar-refractivity contribution in [2.24, 2.45) is 11.7 Å². The number of amides is 1. The van der Waals surface area contributed by atoms with Gasteiger partial charge in [0, 0.05) is 31.4 Å². The molecular weight excluding hydrogens is 200 g/mol. The van der Waals surface area contributed by atoms with E-state index in [0.717, 1.165) is 17.9 Å². The van der Waals surface area contributed by atoms with Gasteiger partial charge in [-0.05, 0) is 12.2 Å². The molecule has 84 valence electrons. The van der Waals surface area contributed by atoms with Gasteiger partial charge in [0.15, 0.2) is 0 Å². The lowest BCUT2D eigenvalue weighted by Crippen LogP contribution is -2.34. The van der Waals surface area contributed by atoms with Crippen molar-refractivity contribution in [1.29, 1.82) is 0 Å². The number of rotatable bonds is 8. The van der Waals surface area contributed by atoms with Crippen LogP contribution in [0.4, 0.5) is 0 Å². The highest BCUT2D eigenvalue weighted by molar-refractivity contribution is 7.99. The summed E-state index contributed by atoms with van der Waals surface area (Å²) in [6.07, 6.45) is 0.817. The molecule has 0 fully saturated rings. The Morgan fingerprint density at radius 1 is 1.57 bits per heavy atom. The maximum Gasteiger partial charge on any atom is 0.224 e. The Kier molecular flexibility index (Phi) is 9.13. The highest BCUT2D eigenvalue weighted by Crippen LogP contribution is 2.00. The third kappa shape index (κ3) is 7.17. The van der Waals surface area contributed by atoms with E-state index in [1.807, 2.05) is 6.92 Å². The van der Waals surface area contributed by atoms with E-state index in [9.17, 15) is 4.79 Å². The van der Waals surface area contributed by atoms with Crippen molar-refractivity contribution in [1.82, 2.24) is 5.32 Å². The summed E-state index contributed by atoms with van der Waals surface area (Å²) in [5.74, 6) is 1.76. The molecule has 0 rings (SSSR count). The van der Waals surface area contributed by atoms with Gasteiger partial charge in [0.1, 0.15) is 0 Å². The van der Waals surface area contributed by atoms with Crippen LogP contribution in [0.2, 0.25) is 0 Å². The van der Waals surface area contributed by atoms with Crippen molar-refractivity contribution in [2.75, 3.05) is 31.2 Å². The molecule has 0 aliphatic carbocycles. The zero-order valence-corrected chi connectivity index (χ0v) is 9.48. The van der Waals surface area contributed by atoms with Crippen LogP contribution in [0.25, 0.3) is 0 Å². The second-order valence-corrected chi connectivity index (χ2v) is 4.34. The van der Waals surface area contributed by atoms with E-state index in [2.05, 4.69) is 5.32 Å². The van der Waals surface area contributed by atoms with E-state index in [-0.39, 0.29) is 18.4 Å². The number of hydrogen-bond donors (Lipinski definition) is 3. The zero-order valence-electron chi connectivity index (χ0n) is 8.66. The van der Waals surface area contributed by atoms with Crippen molar-refractivity contribution in [3.8, 4) is 0 Å². The largest absolute Gasteiger partial charge is 0.396 e. The normalized spacial score (nSPS) is 12.5. The Morgan fingerprint density at radius 3 is 2.86 bits per heavy atom. The van der Waals surface area contributed by atoms with Crippen LogP contribution >= 0.6 is 11.8 Å². The molecule has 0 spiro atoms. The number of hydrogen-bond acceptors (Lipinski definition) is 4. The molecule has 0 bridgehead atoms. The summed E-state index contributed by atoms with van der Waals surface area (Å²) >= 11 is 1.73. The van der Waals surface area contributed by atoms with E-state index in [0.29, 0.717) is 13.1 Å². The molecule has 1 atom stereocenters. The Morgan fingerprint density at radius 2 is 2.29 bits per heavy atom. The molecule has 1 unspecified atom stereocenters. The fraction of sp³-hybridized carbons (Fsp3) is 0.889. The molecule has 0 aliphatic heterocycles. The number of carbonyl (C=O) groups excluding carboxylic acids is 1. The Bertz CT molecular complexity index is 156. The fourth-order valence-corrected chi connectivity index (χ4v) is 1.58. The summed E-state index contributed by atoms with van der Waals surface area (Å²) in [4.78, 5) is 11.2. The van der Waals surface area contributed by atoms with Crippen LogP contribution in [0.1, 0.15) is 13.3 Å². The van der Waals surface area contributed by atoms with Crippen LogP contribution in [0, 0.1) is 5.92 Å². The number of aliphatic hydroxyl groups is 1. The first-order valence-corrected chi connectivity index (χ1v) is 6.04. The topological polar surface area (TPSA) is 75.4 Å². The van der Waals surface area contributed by atoms with Gasteiger partial charge in [0.2, 0.25) is 5.91 Å². The SMILES string of the molecule is CC(CN)C(=O)NCCSCCCO. The molecular formula is C9H20N2O2S. The van der Waals surface area contributed by atoms with E-state index in [4.69, 9.17) is 10.8 Å². The smallest absolute Gasteiger partial charge is 0.224 e. The van der Waals surface area contributed by atoms with Crippen molar-refractivity contribution >= 4 is 17.7 Å². The van der Waals surface area contributed by atoms with Gasteiger partial charge in [0.25, 0.3) is 0 Å². The van der Waals surface area contributed by atoms with Crippen molar-refractivity contribution in [3.63, 3.8) is 0 Å². The Labute approximate surface area is 89.6 Å². The first-order valence-electron chi connectivity index (χ1n) is 4.88. The van der Waals surface area contributed by atoms with Crippen molar-refractivity contribution < 1.29 is 9.90 Å². The third-order valence-electron chi connectivity index (χ3n) is 1.79.